The van der Waals surface area contributed by atoms with Crippen LogP contribution in [0.4, 0.5) is 4.79 Å². The lowest BCUT2D eigenvalue weighted by Gasteiger charge is -2.29. The van der Waals surface area contributed by atoms with E-state index in [2.05, 4.69) is 87.3 Å². The molecule has 0 unspecified atom stereocenters. The van der Waals surface area contributed by atoms with Crippen molar-refractivity contribution in [3.05, 3.63) is 67.6 Å². The van der Waals surface area contributed by atoms with Gasteiger partial charge >= 0.3 is 6.09 Å². The summed E-state index contributed by atoms with van der Waals surface area (Å²) in [5.74, 6) is 0. The van der Waals surface area contributed by atoms with Crippen LogP contribution in [0.15, 0.2) is 45.3 Å². The number of hydrogen-bond donors (Lipinski definition) is 0. The number of aryl methyl sites for hydroxylation is 2. The van der Waals surface area contributed by atoms with E-state index in [1.807, 2.05) is 27.8 Å². The monoisotopic (exact) mass is 564 g/mol. The van der Waals surface area contributed by atoms with Crippen LogP contribution >= 0.6 is 31.9 Å². The molecule has 0 aliphatic heterocycles. The SMILES string of the molecule is CN(C(=O)OC(C)(C)C)[C@@H]1CCc2ccc(Br)cc21.CN(C)[C@@H]1CCc2ccc(Br)cc21. The molecule has 4 nitrogen and oxygen atoms in total. The van der Waals surface area contributed by atoms with Crippen molar-refractivity contribution in [2.24, 2.45) is 0 Å². The number of rotatable bonds is 2. The highest BCUT2D eigenvalue weighted by atomic mass is 79.9. The molecule has 0 aromatic heterocycles. The summed E-state index contributed by atoms with van der Waals surface area (Å²) >= 11 is 7.02. The minimum absolute atomic E-state index is 0.113. The van der Waals surface area contributed by atoms with E-state index in [0.29, 0.717) is 6.04 Å². The Labute approximate surface area is 209 Å². The summed E-state index contributed by atoms with van der Waals surface area (Å²) < 4.78 is 7.68. The van der Waals surface area contributed by atoms with Gasteiger partial charge in [0.2, 0.25) is 0 Å². The van der Waals surface area contributed by atoms with Gasteiger partial charge in [-0.2, -0.15) is 0 Å². The Hall–Kier alpha value is -1.37. The van der Waals surface area contributed by atoms with Gasteiger partial charge < -0.3 is 14.5 Å². The van der Waals surface area contributed by atoms with Gasteiger partial charge in [-0.3, -0.25) is 0 Å². The quantitative estimate of drug-likeness (QED) is 0.383. The van der Waals surface area contributed by atoms with E-state index < -0.39 is 5.60 Å². The Morgan fingerprint density at radius 3 is 1.81 bits per heavy atom. The van der Waals surface area contributed by atoms with E-state index in [0.717, 1.165) is 17.3 Å². The Morgan fingerprint density at radius 1 is 0.875 bits per heavy atom. The zero-order valence-electron chi connectivity index (χ0n) is 19.9. The van der Waals surface area contributed by atoms with Gasteiger partial charge in [-0.25, -0.2) is 4.79 Å². The molecule has 32 heavy (non-hydrogen) atoms. The fraction of sp³-hybridized carbons (Fsp3) is 0.500. The van der Waals surface area contributed by atoms with Crippen LogP contribution in [0, 0.1) is 0 Å². The third-order valence-corrected chi connectivity index (χ3v) is 7.07. The van der Waals surface area contributed by atoms with E-state index in [9.17, 15) is 4.79 Å². The highest BCUT2D eigenvalue weighted by Crippen LogP contribution is 2.37. The largest absolute Gasteiger partial charge is 0.444 e. The first-order valence-corrected chi connectivity index (χ1v) is 12.7. The van der Waals surface area contributed by atoms with Crippen molar-refractivity contribution in [2.45, 2.75) is 64.1 Å². The number of fused-ring (bicyclic) bond motifs is 2. The average molecular weight is 566 g/mol. The van der Waals surface area contributed by atoms with Crippen LogP contribution in [0.5, 0.6) is 0 Å². The molecule has 2 aliphatic carbocycles. The lowest BCUT2D eigenvalue weighted by atomic mass is 10.1. The first kappa shape index (κ1) is 25.3. The minimum atomic E-state index is -0.454. The number of carbonyl (C=O) groups excluding carboxylic acids is 1. The fourth-order valence-electron chi connectivity index (χ4n) is 4.50. The van der Waals surface area contributed by atoms with Crippen molar-refractivity contribution in [3.63, 3.8) is 0 Å². The highest BCUT2D eigenvalue weighted by Gasteiger charge is 2.31. The highest BCUT2D eigenvalue weighted by molar-refractivity contribution is 9.10. The van der Waals surface area contributed by atoms with Gasteiger partial charge in [0.1, 0.15) is 5.60 Å². The number of nitrogens with zero attached hydrogens (tertiary/aromatic N) is 2. The molecule has 2 aromatic carbocycles. The zero-order chi connectivity index (χ0) is 23.6. The van der Waals surface area contributed by atoms with E-state index in [1.165, 1.54) is 39.6 Å². The van der Waals surface area contributed by atoms with Crippen molar-refractivity contribution < 1.29 is 9.53 Å². The summed E-state index contributed by atoms with van der Waals surface area (Å²) in [5.41, 5.74) is 5.11. The maximum Gasteiger partial charge on any atom is 0.410 e. The Balaban J connectivity index is 0.000000193. The predicted octanol–water partition coefficient (Wildman–Crippen LogP) is 7.30. The lowest BCUT2D eigenvalue weighted by Crippen LogP contribution is -2.36. The second-order valence-corrected chi connectivity index (χ2v) is 11.7. The van der Waals surface area contributed by atoms with Crippen LogP contribution in [0.2, 0.25) is 0 Å². The number of carbonyl (C=O) groups is 1. The van der Waals surface area contributed by atoms with Gasteiger partial charge in [0.25, 0.3) is 0 Å². The summed E-state index contributed by atoms with van der Waals surface area (Å²) in [6.45, 7) is 5.66. The number of ether oxygens (including phenoxy) is 1. The van der Waals surface area contributed by atoms with Gasteiger partial charge in [0.05, 0.1) is 6.04 Å². The Morgan fingerprint density at radius 2 is 1.34 bits per heavy atom. The molecule has 6 heteroatoms. The molecule has 0 N–H and O–H groups in total. The molecular formula is C26H34Br2N2O2. The van der Waals surface area contributed by atoms with Crippen LogP contribution in [0.25, 0.3) is 0 Å². The first-order valence-electron chi connectivity index (χ1n) is 11.1. The molecule has 2 aromatic rings. The van der Waals surface area contributed by atoms with Crippen LogP contribution < -0.4 is 0 Å². The maximum atomic E-state index is 12.1. The lowest BCUT2D eigenvalue weighted by molar-refractivity contribution is 0.0220. The smallest absolute Gasteiger partial charge is 0.410 e. The van der Waals surface area contributed by atoms with E-state index in [4.69, 9.17) is 4.74 Å². The average Bonchev–Trinajstić information content (AvgIpc) is 3.30. The first-order chi connectivity index (χ1) is 15.0. The van der Waals surface area contributed by atoms with Crippen molar-refractivity contribution in [3.8, 4) is 0 Å². The Kier molecular flexibility index (Phi) is 8.11. The second kappa shape index (κ2) is 10.3. The topological polar surface area (TPSA) is 32.8 Å². The minimum Gasteiger partial charge on any atom is -0.444 e. The molecule has 174 valence electrons. The molecule has 0 saturated carbocycles. The predicted molar refractivity (Wildman–Crippen MR) is 138 cm³/mol. The maximum absolute atomic E-state index is 12.1. The summed E-state index contributed by atoms with van der Waals surface area (Å²) in [6, 6.07) is 13.6. The van der Waals surface area contributed by atoms with Crippen LogP contribution in [0.3, 0.4) is 0 Å². The third-order valence-electron chi connectivity index (χ3n) is 6.08. The van der Waals surface area contributed by atoms with Crippen molar-refractivity contribution in [2.75, 3.05) is 21.1 Å². The number of benzene rings is 2. The summed E-state index contributed by atoms with van der Waals surface area (Å²) in [6.07, 6.45) is 4.21. The van der Waals surface area contributed by atoms with E-state index in [-0.39, 0.29) is 12.1 Å². The number of hydrogen-bond acceptors (Lipinski definition) is 3. The standard InChI is InChI=1S/C15H20BrNO2.C11H14BrN/c1-15(2,3)19-14(18)17(4)13-8-6-10-5-7-11(16)9-12(10)13;1-13(2)11-6-4-8-3-5-9(12)7-10(8)11/h5,7,9,13H,6,8H2,1-4H3;3,5,7,11H,4,6H2,1-2H3/t13-;11-/m11/s1. The molecule has 0 saturated heterocycles. The van der Waals surface area contributed by atoms with Gasteiger partial charge in [0, 0.05) is 22.0 Å². The summed E-state index contributed by atoms with van der Waals surface area (Å²) in [5, 5.41) is 0. The van der Waals surface area contributed by atoms with Crippen molar-refractivity contribution in [1.82, 2.24) is 9.80 Å². The normalized spacial score (nSPS) is 19.2. The van der Waals surface area contributed by atoms with Crippen molar-refractivity contribution >= 4 is 38.0 Å². The molecule has 0 fully saturated rings. The molecular weight excluding hydrogens is 532 g/mol. The van der Waals surface area contributed by atoms with E-state index >= 15 is 0 Å². The molecule has 0 radical (unpaired) electrons. The van der Waals surface area contributed by atoms with Gasteiger partial charge in [-0.05, 0) is 107 Å². The van der Waals surface area contributed by atoms with Crippen LogP contribution in [-0.4, -0.2) is 42.6 Å². The molecule has 1 amide bonds. The fourth-order valence-corrected chi connectivity index (χ4v) is 5.26. The molecule has 2 atom stereocenters. The van der Waals surface area contributed by atoms with Crippen LogP contribution in [-0.2, 0) is 17.6 Å². The molecule has 2 aliphatic rings. The molecule has 0 heterocycles. The van der Waals surface area contributed by atoms with Crippen LogP contribution in [0.1, 0.15) is 68.0 Å². The summed E-state index contributed by atoms with van der Waals surface area (Å²) in [4.78, 5) is 16.1. The zero-order valence-corrected chi connectivity index (χ0v) is 23.1. The second-order valence-electron chi connectivity index (χ2n) is 9.85. The molecule has 4 rings (SSSR count). The third kappa shape index (κ3) is 6.15. The number of halogens is 2. The summed E-state index contributed by atoms with van der Waals surface area (Å²) in [7, 11) is 6.12. The van der Waals surface area contributed by atoms with Crippen molar-refractivity contribution in [1.29, 1.82) is 0 Å². The van der Waals surface area contributed by atoms with Gasteiger partial charge in [-0.1, -0.05) is 44.0 Å². The van der Waals surface area contributed by atoms with E-state index in [1.54, 1.807) is 4.90 Å². The van der Waals surface area contributed by atoms with Gasteiger partial charge in [-0.15, -0.1) is 0 Å². The van der Waals surface area contributed by atoms with Gasteiger partial charge in [0.15, 0.2) is 0 Å². The molecule has 0 spiro atoms. The molecule has 0 bridgehead atoms. The number of amides is 1. The Bertz CT molecular complexity index is 969.